The standard InChI is InChI=1S/C20H24N4O/c25-19-9-11-20(16-24(19)14-17-6-2-1-3-7-17)10-5-13-23(15-20)18-8-4-12-21-22-18/h1-4,6-8,12H,5,9-11,13-16H2/t20-/m0/s1. The summed E-state index contributed by atoms with van der Waals surface area (Å²) in [5.41, 5.74) is 1.38. The van der Waals surface area contributed by atoms with E-state index < -0.39 is 0 Å². The van der Waals surface area contributed by atoms with Crippen LogP contribution in [0, 0.1) is 5.41 Å². The van der Waals surface area contributed by atoms with Crippen molar-refractivity contribution in [1.29, 1.82) is 0 Å². The van der Waals surface area contributed by atoms with Gasteiger partial charge >= 0.3 is 0 Å². The van der Waals surface area contributed by atoms with E-state index in [-0.39, 0.29) is 11.3 Å². The molecule has 1 aromatic carbocycles. The monoisotopic (exact) mass is 336 g/mol. The summed E-state index contributed by atoms with van der Waals surface area (Å²) in [7, 11) is 0. The summed E-state index contributed by atoms with van der Waals surface area (Å²) in [6.45, 7) is 3.54. The highest BCUT2D eigenvalue weighted by molar-refractivity contribution is 5.77. The number of anilines is 1. The van der Waals surface area contributed by atoms with E-state index in [2.05, 4.69) is 32.1 Å². The third-order valence-electron chi connectivity index (χ3n) is 5.51. The molecule has 3 heterocycles. The molecule has 0 aliphatic carbocycles. The van der Waals surface area contributed by atoms with Crippen LogP contribution in [0.3, 0.4) is 0 Å². The van der Waals surface area contributed by atoms with E-state index >= 15 is 0 Å². The molecule has 5 heteroatoms. The third kappa shape index (κ3) is 3.50. The van der Waals surface area contributed by atoms with E-state index in [4.69, 9.17) is 0 Å². The molecule has 2 saturated heterocycles. The molecule has 0 radical (unpaired) electrons. The van der Waals surface area contributed by atoms with Crippen LogP contribution in [0.2, 0.25) is 0 Å². The Morgan fingerprint density at radius 3 is 2.72 bits per heavy atom. The molecule has 2 aliphatic heterocycles. The maximum absolute atomic E-state index is 12.5. The van der Waals surface area contributed by atoms with Crippen molar-refractivity contribution >= 4 is 11.7 Å². The predicted molar refractivity (Wildman–Crippen MR) is 97.0 cm³/mol. The lowest BCUT2D eigenvalue weighted by molar-refractivity contribution is -0.138. The minimum atomic E-state index is 0.179. The molecule has 0 unspecified atom stereocenters. The molecule has 4 rings (SSSR count). The number of likely N-dealkylation sites (tertiary alicyclic amines) is 1. The van der Waals surface area contributed by atoms with Crippen LogP contribution in [0.25, 0.3) is 0 Å². The molecule has 1 amide bonds. The Balaban J connectivity index is 1.50. The van der Waals surface area contributed by atoms with Gasteiger partial charge in [-0.2, -0.15) is 5.10 Å². The highest BCUT2D eigenvalue weighted by Gasteiger charge is 2.42. The number of nitrogens with zero attached hydrogens (tertiary/aromatic N) is 4. The van der Waals surface area contributed by atoms with E-state index in [0.717, 1.165) is 38.3 Å². The minimum Gasteiger partial charge on any atom is -0.355 e. The zero-order valence-corrected chi connectivity index (χ0v) is 14.5. The van der Waals surface area contributed by atoms with Gasteiger partial charge in [0.2, 0.25) is 5.91 Å². The molecule has 25 heavy (non-hydrogen) atoms. The largest absolute Gasteiger partial charge is 0.355 e. The number of carbonyl (C=O) groups is 1. The normalized spacial score (nSPS) is 23.9. The second kappa shape index (κ2) is 6.82. The first kappa shape index (κ1) is 16.1. The van der Waals surface area contributed by atoms with Crippen LogP contribution < -0.4 is 4.90 Å². The molecule has 0 saturated carbocycles. The Kier molecular flexibility index (Phi) is 4.38. The van der Waals surface area contributed by atoms with Crippen LogP contribution in [0.15, 0.2) is 48.7 Å². The topological polar surface area (TPSA) is 49.3 Å². The second-order valence-electron chi connectivity index (χ2n) is 7.34. The van der Waals surface area contributed by atoms with Crippen LogP contribution in [0.5, 0.6) is 0 Å². The van der Waals surface area contributed by atoms with Crippen molar-refractivity contribution in [1.82, 2.24) is 15.1 Å². The highest BCUT2D eigenvalue weighted by atomic mass is 16.2. The van der Waals surface area contributed by atoms with Gasteiger partial charge in [-0.3, -0.25) is 4.79 Å². The average Bonchev–Trinajstić information content (AvgIpc) is 2.67. The Morgan fingerprint density at radius 2 is 1.92 bits per heavy atom. The molecular weight excluding hydrogens is 312 g/mol. The second-order valence-corrected chi connectivity index (χ2v) is 7.34. The Hall–Kier alpha value is -2.43. The molecule has 130 valence electrons. The van der Waals surface area contributed by atoms with Gasteiger partial charge in [0.05, 0.1) is 0 Å². The number of amides is 1. The number of benzene rings is 1. The van der Waals surface area contributed by atoms with E-state index in [0.29, 0.717) is 13.0 Å². The van der Waals surface area contributed by atoms with Gasteiger partial charge in [0.15, 0.2) is 5.82 Å². The fraction of sp³-hybridized carbons (Fsp3) is 0.450. The lowest BCUT2D eigenvalue weighted by Gasteiger charge is -2.48. The van der Waals surface area contributed by atoms with Gasteiger partial charge in [0.1, 0.15) is 0 Å². The fourth-order valence-corrected chi connectivity index (χ4v) is 4.25. The van der Waals surface area contributed by atoms with Crippen LogP contribution in [-0.2, 0) is 11.3 Å². The molecule has 2 aromatic rings. The van der Waals surface area contributed by atoms with Crippen LogP contribution >= 0.6 is 0 Å². The van der Waals surface area contributed by atoms with Crippen molar-refractivity contribution in [2.45, 2.75) is 32.2 Å². The van der Waals surface area contributed by atoms with Crippen molar-refractivity contribution in [3.63, 3.8) is 0 Å². The molecule has 1 atom stereocenters. The van der Waals surface area contributed by atoms with Gasteiger partial charge < -0.3 is 9.80 Å². The number of aromatic nitrogens is 2. The van der Waals surface area contributed by atoms with E-state index in [1.165, 1.54) is 12.0 Å². The quantitative estimate of drug-likeness (QED) is 0.865. The van der Waals surface area contributed by atoms with Gasteiger partial charge in [-0.25, -0.2) is 0 Å². The summed E-state index contributed by atoms with van der Waals surface area (Å²) in [4.78, 5) is 16.9. The summed E-state index contributed by atoms with van der Waals surface area (Å²) in [6, 6.07) is 14.3. The predicted octanol–water partition coefficient (Wildman–Crippen LogP) is 2.89. The molecule has 1 aromatic heterocycles. The summed E-state index contributed by atoms with van der Waals surface area (Å²) >= 11 is 0. The first-order valence-electron chi connectivity index (χ1n) is 9.09. The van der Waals surface area contributed by atoms with Crippen molar-refractivity contribution in [3.8, 4) is 0 Å². The van der Waals surface area contributed by atoms with Gasteiger partial charge in [-0.1, -0.05) is 30.3 Å². The van der Waals surface area contributed by atoms with Crippen molar-refractivity contribution in [2.24, 2.45) is 5.41 Å². The molecule has 0 bridgehead atoms. The number of hydrogen-bond donors (Lipinski definition) is 0. The first-order valence-corrected chi connectivity index (χ1v) is 9.09. The maximum atomic E-state index is 12.5. The smallest absolute Gasteiger partial charge is 0.222 e. The maximum Gasteiger partial charge on any atom is 0.222 e. The summed E-state index contributed by atoms with van der Waals surface area (Å²) in [5.74, 6) is 1.24. The number of hydrogen-bond acceptors (Lipinski definition) is 4. The zero-order chi connectivity index (χ0) is 17.1. The van der Waals surface area contributed by atoms with E-state index in [9.17, 15) is 4.79 Å². The van der Waals surface area contributed by atoms with Crippen molar-refractivity contribution in [3.05, 3.63) is 54.2 Å². The number of piperidine rings is 2. The third-order valence-corrected chi connectivity index (χ3v) is 5.51. The number of rotatable bonds is 3. The molecule has 0 N–H and O–H groups in total. The Labute approximate surface area is 148 Å². The van der Waals surface area contributed by atoms with Gasteiger partial charge in [0, 0.05) is 44.2 Å². The number of carbonyl (C=O) groups excluding carboxylic acids is 1. The SMILES string of the molecule is O=C1CC[C@]2(CCCN(c3cccnn3)C2)CN1Cc1ccccc1. The van der Waals surface area contributed by atoms with Crippen LogP contribution in [0.4, 0.5) is 5.82 Å². The summed E-state index contributed by atoms with van der Waals surface area (Å²) in [5, 5.41) is 8.30. The van der Waals surface area contributed by atoms with E-state index in [1.54, 1.807) is 6.20 Å². The van der Waals surface area contributed by atoms with Crippen LogP contribution in [-0.4, -0.2) is 40.6 Å². The fourth-order valence-electron chi connectivity index (χ4n) is 4.25. The Morgan fingerprint density at radius 1 is 1.04 bits per heavy atom. The first-order chi connectivity index (χ1) is 12.2. The molecular formula is C20H24N4O. The van der Waals surface area contributed by atoms with Gasteiger partial charge in [-0.15, -0.1) is 5.10 Å². The molecule has 2 fully saturated rings. The molecule has 5 nitrogen and oxygen atoms in total. The molecule has 1 spiro atoms. The highest BCUT2D eigenvalue weighted by Crippen LogP contribution is 2.40. The van der Waals surface area contributed by atoms with Crippen LogP contribution in [0.1, 0.15) is 31.2 Å². The van der Waals surface area contributed by atoms with E-state index in [1.807, 2.05) is 30.3 Å². The van der Waals surface area contributed by atoms with Gasteiger partial charge in [0.25, 0.3) is 0 Å². The Bertz CT molecular complexity index is 721. The summed E-state index contributed by atoms with van der Waals surface area (Å²) in [6.07, 6.45) is 5.67. The average molecular weight is 336 g/mol. The lowest BCUT2D eigenvalue weighted by Crippen LogP contribution is -2.54. The van der Waals surface area contributed by atoms with Crippen molar-refractivity contribution in [2.75, 3.05) is 24.5 Å². The minimum absolute atomic E-state index is 0.179. The molecule has 2 aliphatic rings. The van der Waals surface area contributed by atoms with Gasteiger partial charge in [-0.05, 0) is 37.0 Å². The summed E-state index contributed by atoms with van der Waals surface area (Å²) < 4.78 is 0. The lowest BCUT2D eigenvalue weighted by atomic mass is 9.73. The zero-order valence-electron chi connectivity index (χ0n) is 14.5. The van der Waals surface area contributed by atoms with Crippen molar-refractivity contribution < 1.29 is 4.79 Å².